The molecule has 0 saturated heterocycles. The third-order valence-electron chi connectivity index (χ3n) is 3.44. The summed E-state index contributed by atoms with van der Waals surface area (Å²) in [7, 11) is 0. The molecule has 21 heavy (non-hydrogen) atoms. The fraction of sp³-hybridized carbons (Fsp3) is 0.312. The molecule has 2 aromatic heterocycles. The van der Waals surface area contributed by atoms with E-state index in [1.54, 1.807) is 11.3 Å². The Balaban J connectivity index is 2.05. The molecule has 1 aromatic carbocycles. The van der Waals surface area contributed by atoms with Gasteiger partial charge in [0.05, 0.1) is 21.1 Å². The Kier molecular flexibility index (Phi) is 4.29. The van der Waals surface area contributed by atoms with Crippen LogP contribution in [0.4, 0.5) is 0 Å². The molecule has 0 aliphatic heterocycles. The minimum Gasteiger partial charge on any atom is -0.457 e. The second-order valence-electron chi connectivity index (χ2n) is 5.00. The van der Waals surface area contributed by atoms with Gasteiger partial charge in [-0.15, -0.1) is 11.3 Å². The Morgan fingerprint density at radius 2 is 2.29 bits per heavy atom. The highest BCUT2D eigenvalue weighted by Crippen LogP contribution is 2.34. The van der Waals surface area contributed by atoms with Crippen LogP contribution >= 0.6 is 22.9 Å². The van der Waals surface area contributed by atoms with Crippen molar-refractivity contribution in [2.45, 2.75) is 26.3 Å². The topological polar surface area (TPSA) is 38.1 Å². The zero-order valence-electron chi connectivity index (χ0n) is 12.0. The normalized spacial score (nSPS) is 12.9. The van der Waals surface area contributed by atoms with Crippen LogP contribution in [0.2, 0.25) is 5.02 Å². The number of furan rings is 1. The molecule has 2 heterocycles. The maximum absolute atomic E-state index is 6.21. The van der Waals surface area contributed by atoms with Gasteiger partial charge in [0.25, 0.3) is 0 Å². The van der Waals surface area contributed by atoms with E-state index in [0.29, 0.717) is 5.02 Å². The van der Waals surface area contributed by atoms with Crippen molar-refractivity contribution >= 4 is 33.9 Å². The van der Waals surface area contributed by atoms with Crippen LogP contribution in [-0.2, 0) is 0 Å². The second-order valence-corrected chi connectivity index (χ2v) is 6.29. The molecule has 0 aliphatic rings. The van der Waals surface area contributed by atoms with Gasteiger partial charge in [0.2, 0.25) is 0 Å². The smallest absolute Gasteiger partial charge is 0.152 e. The van der Waals surface area contributed by atoms with E-state index >= 15 is 0 Å². The van der Waals surface area contributed by atoms with Crippen molar-refractivity contribution in [1.82, 2.24) is 10.3 Å². The van der Waals surface area contributed by atoms with Crippen LogP contribution in [0.3, 0.4) is 0 Å². The second kappa shape index (κ2) is 6.18. The predicted octanol–water partition coefficient (Wildman–Crippen LogP) is 4.94. The summed E-state index contributed by atoms with van der Waals surface area (Å²) in [6, 6.07) is 7.90. The van der Waals surface area contributed by atoms with Crippen molar-refractivity contribution in [3.8, 4) is 0 Å². The monoisotopic (exact) mass is 320 g/mol. The van der Waals surface area contributed by atoms with E-state index in [2.05, 4.69) is 23.3 Å². The molecule has 0 fully saturated rings. The van der Waals surface area contributed by atoms with E-state index in [1.807, 2.05) is 30.6 Å². The number of rotatable bonds is 5. The molecule has 110 valence electrons. The summed E-state index contributed by atoms with van der Waals surface area (Å²) < 4.78 is 6.02. The van der Waals surface area contributed by atoms with Gasteiger partial charge in [0.15, 0.2) is 5.58 Å². The van der Waals surface area contributed by atoms with Gasteiger partial charge >= 0.3 is 0 Å². The Labute approximate surface area is 133 Å². The number of nitrogens with one attached hydrogen (secondary N) is 1. The molecule has 3 nitrogen and oxygen atoms in total. The Morgan fingerprint density at radius 1 is 1.43 bits per heavy atom. The van der Waals surface area contributed by atoms with Gasteiger partial charge in [-0.05, 0) is 32.0 Å². The average Bonchev–Trinajstić information content (AvgIpc) is 3.07. The van der Waals surface area contributed by atoms with Crippen LogP contribution in [0.5, 0.6) is 0 Å². The quantitative estimate of drug-likeness (QED) is 0.723. The van der Waals surface area contributed by atoms with E-state index in [0.717, 1.165) is 35.4 Å². The minimum absolute atomic E-state index is 0.0286. The first-order chi connectivity index (χ1) is 10.2. The third kappa shape index (κ3) is 2.84. The summed E-state index contributed by atoms with van der Waals surface area (Å²) >= 11 is 7.86. The van der Waals surface area contributed by atoms with Gasteiger partial charge in [-0.1, -0.05) is 30.7 Å². The molecule has 3 aromatic rings. The highest BCUT2D eigenvalue weighted by atomic mass is 35.5. The lowest BCUT2D eigenvalue weighted by atomic mass is 10.1. The summed E-state index contributed by atoms with van der Waals surface area (Å²) in [5.41, 5.74) is 3.67. The molecule has 1 atom stereocenters. The highest BCUT2D eigenvalue weighted by Gasteiger charge is 2.22. The van der Waals surface area contributed by atoms with Crippen LogP contribution in [0.25, 0.3) is 11.0 Å². The fourth-order valence-electron chi connectivity index (χ4n) is 2.39. The Hall–Kier alpha value is -1.36. The molecule has 0 aliphatic carbocycles. The van der Waals surface area contributed by atoms with Gasteiger partial charge in [-0.25, -0.2) is 4.98 Å². The Bertz CT molecular complexity index is 750. The number of hydrogen-bond donors (Lipinski definition) is 1. The summed E-state index contributed by atoms with van der Waals surface area (Å²) in [6.45, 7) is 5.11. The maximum Gasteiger partial charge on any atom is 0.152 e. The number of aromatic nitrogens is 1. The van der Waals surface area contributed by atoms with Crippen molar-refractivity contribution in [1.29, 1.82) is 0 Å². The molecule has 0 bridgehead atoms. The molecule has 0 saturated carbocycles. The van der Waals surface area contributed by atoms with Crippen LogP contribution in [0, 0.1) is 6.92 Å². The zero-order chi connectivity index (χ0) is 14.8. The first-order valence-corrected chi connectivity index (χ1v) is 8.27. The minimum atomic E-state index is 0.0286. The molecule has 0 radical (unpaired) electrons. The van der Waals surface area contributed by atoms with Crippen LogP contribution in [0.1, 0.15) is 35.7 Å². The van der Waals surface area contributed by atoms with Crippen molar-refractivity contribution < 1.29 is 4.42 Å². The summed E-state index contributed by atoms with van der Waals surface area (Å²) in [6.07, 6.45) is 1.06. The van der Waals surface area contributed by atoms with E-state index in [9.17, 15) is 0 Å². The van der Waals surface area contributed by atoms with Crippen LogP contribution in [0.15, 0.2) is 34.2 Å². The molecule has 1 N–H and O–H groups in total. The number of fused-ring (bicyclic) bond motifs is 1. The lowest BCUT2D eigenvalue weighted by Crippen LogP contribution is -2.22. The molecule has 3 rings (SSSR count). The first kappa shape index (κ1) is 14.6. The predicted molar refractivity (Wildman–Crippen MR) is 88.2 cm³/mol. The molecule has 5 heteroatoms. The molecule has 1 unspecified atom stereocenters. The molecule has 0 amide bonds. The van der Waals surface area contributed by atoms with E-state index in [1.165, 1.54) is 4.88 Å². The number of nitrogens with zero attached hydrogens (tertiary/aromatic N) is 1. The van der Waals surface area contributed by atoms with E-state index in [-0.39, 0.29) is 6.04 Å². The van der Waals surface area contributed by atoms with Gasteiger partial charge in [0, 0.05) is 5.39 Å². The van der Waals surface area contributed by atoms with Crippen LogP contribution < -0.4 is 5.32 Å². The maximum atomic E-state index is 6.21. The van der Waals surface area contributed by atoms with Crippen molar-refractivity contribution in [3.63, 3.8) is 0 Å². The average molecular weight is 321 g/mol. The number of para-hydroxylation sites is 1. The SMILES string of the molecule is CCCNC(c1cc2cccc(Cl)c2o1)c1scnc1C. The van der Waals surface area contributed by atoms with Crippen LogP contribution in [-0.4, -0.2) is 11.5 Å². The number of aryl methyl sites for hydroxylation is 1. The van der Waals surface area contributed by atoms with Gasteiger partial charge in [0.1, 0.15) is 11.8 Å². The molecular weight excluding hydrogens is 304 g/mol. The third-order valence-corrected chi connectivity index (χ3v) is 4.74. The lowest BCUT2D eigenvalue weighted by molar-refractivity contribution is 0.472. The number of thiazole rings is 1. The van der Waals surface area contributed by atoms with Gasteiger partial charge in [-0.3, -0.25) is 0 Å². The highest BCUT2D eigenvalue weighted by molar-refractivity contribution is 7.09. The zero-order valence-corrected chi connectivity index (χ0v) is 13.6. The number of hydrogen-bond acceptors (Lipinski definition) is 4. The van der Waals surface area contributed by atoms with E-state index < -0.39 is 0 Å². The van der Waals surface area contributed by atoms with E-state index in [4.69, 9.17) is 16.0 Å². The van der Waals surface area contributed by atoms with Crippen molar-refractivity contribution in [2.75, 3.05) is 6.54 Å². The van der Waals surface area contributed by atoms with Gasteiger partial charge in [-0.2, -0.15) is 0 Å². The Morgan fingerprint density at radius 3 is 2.95 bits per heavy atom. The summed E-state index contributed by atoms with van der Waals surface area (Å²) in [4.78, 5) is 5.55. The first-order valence-electron chi connectivity index (χ1n) is 7.02. The number of halogens is 1. The standard InChI is InChI=1S/C16H17ClN2OS/c1-3-7-18-14(16-10(2)19-9-21-16)13-8-11-5-4-6-12(17)15(11)20-13/h4-6,8-9,14,18H,3,7H2,1-2H3. The fourth-order valence-corrected chi connectivity index (χ4v) is 3.49. The van der Waals surface area contributed by atoms with Gasteiger partial charge < -0.3 is 9.73 Å². The summed E-state index contributed by atoms with van der Waals surface area (Å²) in [5, 5.41) is 5.22. The largest absolute Gasteiger partial charge is 0.457 e. The molecule has 0 spiro atoms. The molecular formula is C16H17ClN2OS. The van der Waals surface area contributed by atoms with Crippen molar-refractivity contribution in [2.24, 2.45) is 0 Å². The summed E-state index contributed by atoms with van der Waals surface area (Å²) in [5.74, 6) is 0.888. The number of benzene rings is 1. The van der Waals surface area contributed by atoms with Crippen molar-refractivity contribution in [3.05, 3.63) is 51.1 Å². The lowest BCUT2D eigenvalue weighted by Gasteiger charge is -2.15.